The van der Waals surface area contributed by atoms with Crippen molar-refractivity contribution >= 4 is 34.8 Å². The lowest BCUT2D eigenvalue weighted by atomic mass is 9.89. The van der Waals surface area contributed by atoms with Gasteiger partial charge in [-0.05, 0) is 29.8 Å². The van der Waals surface area contributed by atoms with Crippen LogP contribution in [0.15, 0.2) is 18.2 Å². The van der Waals surface area contributed by atoms with Crippen LogP contribution in [0.4, 0.5) is 80.3 Å². The summed E-state index contributed by atoms with van der Waals surface area (Å²) in [6.07, 6.45) is 0. The number of halogens is 19. The minimum Gasteiger partial charge on any atom is -0.321 e. The summed E-state index contributed by atoms with van der Waals surface area (Å²) >= 11 is 8.53. The predicted molar refractivity (Wildman–Crippen MR) is 85.5 cm³/mol. The number of rotatable bonds is 9. The standard InChI is InChI=1S/C15H4Cl2F17NO/c16-5-3-4(1-2-6(5)18)35-7(36)8(19,20)9(21,22)10(23,24)11(25,26)12(27,28)13(29,30)14(31,32)15(17,33)34/h1-3H,(H,35,36). The van der Waals surface area contributed by atoms with E-state index in [1.165, 1.54) is 0 Å². The third-order valence-electron chi connectivity index (χ3n) is 4.18. The Morgan fingerprint density at radius 3 is 1.36 bits per heavy atom. The second-order valence-corrected chi connectivity index (χ2v) is 7.48. The van der Waals surface area contributed by atoms with E-state index >= 15 is 0 Å². The Morgan fingerprint density at radius 2 is 1.00 bits per heavy atom. The molecule has 0 heterocycles. The van der Waals surface area contributed by atoms with Crippen LogP contribution in [0.25, 0.3) is 0 Å². The minimum absolute atomic E-state index is 0.166. The van der Waals surface area contributed by atoms with Crippen molar-refractivity contribution in [1.29, 1.82) is 0 Å². The van der Waals surface area contributed by atoms with Gasteiger partial charge < -0.3 is 5.32 Å². The van der Waals surface area contributed by atoms with Gasteiger partial charge in [-0.25, -0.2) is 4.39 Å². The van der Waals surface area contributed by atoms with Crippen molar-refractivity contribution in [3.63, 3.8) is 0 Å². The van der Waals surface area contributed by atoms with E-state index in [0.29, 0.717) is 5.32 Å². The van der Waals surface area contributed by atoms with E-state index in [4.69, 9.17) is 11.6 Å². The van der Waals surface area contributed by atoms with Gasteiger partial charge in [-0.2, -0.15) is 70.2 Å². The van der Waals surface area contributed by atoms with E-state index in [0.717, 1.165) is 0 Å². The zero-order valence-corrected chi connectivity index (χ0v) is 17.3. The molecule has 208 valence electrons. The minimum atomic E-state index is -8.69. The van der Waals surface area contributed by atoms with E-state index in [1.54, 1.807) is 0 Å². The summed E-state index contributed by atoms with van der Waals surface area (Å²) in [5.41, 5.74) is -1.21. The van der Waals surface area contributed by atoms with Crippen LogP contribution >= 0.6 is 23.2 Å². The first-order chi connectivity index (χ1) is 15.6. The van der Waals surface area contributed by atoms with Crippen LogP contribution in [0.5, 0.6) is 0 Å². The number of carbonyl (C=O) groups excluding carboxylic acids is 1. The average Bonchev–Trinajstić information content (AvgIpc) is 2.68. The van der Waals surface area contributed by atoms with Gasteiger partial charge in [0.15, 0.2) is 0 Å². The van der Waals surface area contributed by atoms with Gasteiger partial charge in [0.05, 0.1) is 5.02 Å². The second kappa shape index (κ2) is 8.83. The second-order valence-electron chi connectivity index (χ2n) is 6.60. The molecule has 1 aromatic carbocycles. The van der Waals surface area contributed by atoms with Gasteiger partial charge in [-0.1, -0.05) is 11.6 Å². The van der Waals surface area contributed by atoms with Gasteiger partial charge >= 0.3 is 52.7 Å². The molecule has 0 bridgehead atoms. The van der Waals surface area contributed by atoms with Crippen LogP contribution in [-0.2, 0) is 4.79 Å². The average molecular weight is 608 g/mol. The largest absolute Gasteiger partial charge is 0.393 e. The molecule has 0 radical (unpaired) electrons. The molecule has 0 aromatic heterocycles. The first-order valence-electron chi connectivity index (χ1n) is 8.03. The smallest absolute Gasteiger partial charge is 0.321 e. The van der Waals surface area contributed by atoms with E-state index < -0.39 is 69.3 Å². The topological polar surface area (TPSA) is 29.1 Å². The molecular weight excluding hydrogens is 604 g/mol. The number of carbonyl (C=O) groups is 1. The van der Waals surface area contributed by atoms with Crippen molar-refractivity contribution in [1.82, 2.24) is 0 Å². The number of benzene rings is 1. The molecule has 0 spiro atoms. The zero-order chi connectivity index (χ0) is 29.1. The third kappa shape index (κ3) is 4.38. The van der Waals surface area contributed by atoms with Crippen molar-refractivity contribution in [2.45, 2.75) is 46.8 Å². The Morgan fingerprint density at radius 1 is 0.639 bits per heavy atom. The highest BCUT2D eigenvalue weighted by Crippen LogP contribution is 2.64. The van der Waals surface area contributed by atoms with Gasteiger partial charge in [-0.15, -0.1) is 0 Å². The lowest BCUT2D eigenvalue weighted by molar-refractivity contribution is -0.445. The fraction of sp³-hybridized carbons (Fsp3) is 0.533. The Kier molecular flexibility index (Phi) is 7.88. The molecule has 1 amide bonds. The van der Waals surface area contributed by atoms with E-state index in [1.807, 2.05) is 0 Å². The fourth-order valence-corrected chi connectivity index (χ4v) is 2.39. The highest BCUT2D eigenvalue weighted by atomic mass is 35.5. The van der Waals surface area contributed by atoms with Crippen LogP contribution < -0.4 is 5.32 Å². The zero-order valence-electron chi connectivity index (χ0n) is 15.8. The maximum Gasteiger partial charge on any atom is 0.393 e. The number of hydrogen-bond donors (Lipinski definition) is 1. The summed E-state index contributed by atoms with van der Waals surface area (Å²) in [6.45, 7) is 0. The third-order valence-corrected chi connectivity index (χ3v) is 4.71. The maximum atomic E-state index is 13.8. The summed E-state index contributed by atoms with van der Waals surface area (Å²) in [5.74, 6) is -62.5. The predicted octanol–water partition coefficient (Wildman–Crippen LogP) is 7.70. The number of amides is 1. The van der Waals surface area contributed by atoms with Crippen LogP contribution in [-0.4, -0.2) is 52.7 Å². The summed E-state index contributed by atoms with van der Waals surface area (Å²) in [6, 6.07) is 0.675. The van der Waals surface area contributed by atoms with Gasteiger partial charge in [-0.3, -0.25) is 4.79 Å². The molecule has 2 nitrogen and oxygen atoms in total. The lowest BCUT2D eigenvalue weighted by Crippen LogP contribution is -2.75. The summed E-state index contributed by atoms with van der Waals surface area (Å²) in [4.78, 5) is 11.4. The highest BCUT2D eigenvalue weighted by molar-refractivity contribution is 6.31. The molecule has 1 rings (SSSR count). The molecule has 0 saturated heterocycles. The number of hydrogen-bond acceptors (Lipinski definition) is 1. The number of nitrogens with one attached hydrogen (secondary N) is 1. The molecule has 1 N–H and O–H groups in total. The quantitative estimate of drug-likeness (QED) is 0.226. The molecular formula is C15H4Cl2F17NO. The van der Waals surface area contributed by atoms with Crippen LogP contribution in [0, 0.1) is 5.82 Å². The van der Waals surface area contributed by atoms with Crippen molar-refractivity contribution in [2.24, 2.45) is 0 Å². The molecule has 0 fully saturated rings. The molecule has 0 saturated carbocycles. The van der Waals surface area contributed by atoms with Gasteiger partial charge in [0.1, 0.15) is 5.82 Å². The van der Waals surface area contributed by atoms with Crippen molar-refractivity contribution in [3.8, 4) is 0 Å². The van der Waals surface area contributed by atoms with Crippen LogP contribution in [0.1, 0.15) is 0 Å². The molecule has 1 aromatic rings. The van der Waals surface area contributed by atoms with E-state index in [-0.39, 0.29) is 18.2 Å². The van der Waals surface area contributed by atoms with Gasteiger partial charge in [0.25, 0.3) is 0 Å². The molecule has 21 heteroatoms. The Labute approximate surface area is 196 Å². The molecule has 0 aliphatic rings. The summed E-state index contributed by atoms with van der Waals surface area (Å²) in [5, 5.41) is -7.30. The van der Waals surface area contributed by atoms with Gasteiger partial charge in [0, 0.05) is 5.69 Å². The van der Waals surface area contributed by atoms with E-state index in [9.17, 15) is 79.4 Å². The Balaban J connectivity index is 3.58. The summed E-state index contributed by atoms with van der Waals surface area (Å²) in [7, 11) is 0. The maximum absolute atomic E-state index is 13.8. The van der Waals surface area contributed by atoms with Crippen molar-refractivity contribution < 1.29 is 79.4 Å². The van der Waals surface area contributed by atoms with Crippen molar-refractivity contribution in [2.75, 3.05) is 5.32 Å². The molecule has 0 atom stereocenters. The normalized spacial score (nSPS) is 15.2. The Hall–Kier alpha value is -1.92. The first-order valence-corrected chi connectivity index (χ1v) is 8.79. The molecule has 0 unspecified atom stereocenters. The highest BCUT2D eigenvalue weighted by Gasteiger charge is 2.95. The number of anilines is 1. The van der Waals surface area contributed by atoms with Crippen LogP contribution in [0.3, 0.4) is 0 Å². The van der Waals surface area contributed by atoms with Gasteiger partial charge in [0.2, 0.25) is 0 Å². The monoisotopic (exact) mass is 607 g/mol. The molecule has 36 heavy (non-hydrogen) atoms. The SMILES string of the molecule is O=C(Nc1ccc(F)c(Cl)c1)C(F)(F)C(F)(F)C(F)(F)C(F)(F)C(F)(F)C(F)(F)C(F)(F)C(F)(F)Cl. The lowest BCUT2D eigenvalue weighted by Gasteiger charge is -2.42. The number of alkyl halides is 17. The first kappa shape index (κ1) is 32.1. The molecule has 0 aliphatic carbocycles. The molecule has 0 aliphatic heterocycles. The van der Waals surface area contributed by atoms with Crippen molar-refractivity contribution in [3.05, 3.63) is 29.0 Å². The van der Waals surface area contributed by atoms with Crippen LogP contribution in [0.2, 0.25) is 5.02 Å². The summed E-state index contributed by atoms with van der Waals surface area (Å²) < 4.78 is 227. The Bertz CT molecular complexity index is 1000. The van der Waals surface area contributed by atoms with E-state index in [2.05, 4.69) is 11.6 Å². The fourth-order valence-electron chi connectivity index (χ4n) is 2.09.